The molecule has 1 amide bonds. The second-order valence-electron chi connectivity index (χ2n) is 4.47. The highest BCUT2D eigenvalue weighted by Gasteiger charge is 2.23. The van der Waals surface area contributed by atoms with Crippen LogP contribution in [-0.2, 0) is 14.3 Å². The number of rotatable bonds is 7. The Labute approximate surface area is 142 Å². The van der Waals surface area contributed by atoms with Gasteiger partial charge in [-0.05, 0) is 30.8 Å². The van der Waals surface area contributed by atoms with Crippen molar-refractivity contribution in [3.63, 3.8) is 0 Å². The molecule has 1 aromatic rings. The fourth-order valence-corrected chi connectivity index (χ4v) is 2.33. The minimum Gasteiger partial charge on any atom is -0.478 e. The van der Waals surface area contributed by atoms with Crippen LogP contribution in [0, 0.1) is 0 Å². The lowest BCUT2D eigenvalue weighted by Gasteiger charge is -2.15. The molecule has 1 atom stereocenters. The number of carbonyl (C=O) groups excluding carboxylic acids is 3. The minimum absolute atomic E-state index is 0.102. The monoisotopic (exact) mass is 355 g/mol. The lowest BCUT2D eigenvalue weighted by atomic mass is 10.2. The molecule has 8 nitrogen and oxygen atoms in total. The van der Waals surface area contributed by atoms with E-state index < -0.39 is 29.2 Å². The first-order chi connectivity index (χ1) is 11.3. The number of nitrogens with one attached hydrogen (secondary N) is 1. The van der Waals surface area contributed by atoms with Crippen molar-refractivity contribution >= 4 is 34.9 Å². The molecule has 0 saturated carbocycles. The number of thioether (sulfide) groups is 1. The molecule has 24 heavy (non-hydrogen) atoms. The van der Waals surface area contributed by atoms with Gasteiger partial charge in [0.25, 0.3) is 0 Å². The minimum atomic E-state index is -1.23. The van der Waals surface area contributed by atoms with Gasteiger partial charge in [0.2, 0.25) is 5.91 Å². The van der Waals surface area contributed by atoms with Crippen molar-refractivity contribution in [3.05, 3.63) is 29.8 Å². The third kappa shape index (κ3) is 6.29. The second-order valence-corrected chi connectivity index (χ2v) is 5.42. The number of aromatic carboxylic acids is 1. The van der Waals surface area contributed by atoms with Crippen molar-refractivity contribution in [1.82, 2.24) is 5.32 Å². The average molecular weight is 355 g/mol. The predicted octanol–water partition coefficient (Wildman–Crippen LogP) is 1.68. The zero-order valence-corrected chi connectivity index (χ0v) is 13.9. The lowest BCUT2D eigenvalue weighted by molar-refractivity contribution is -0.146. The van der Waals surface area contributed by atoms with Crippen molar-refractivity contribution < 1.29 is 33.8 Å². The fourth-order valence-electron chi connectivity index (χ4n) is 1.66. The first kappa shape index (κ1) is 19.5. The molecule has 9 heteroatoms. The van der Waals surface area contributed by atoms with Gasteiger partial charge < -0.3 is 19.9 Å². The number of benzene rings is 1. The van der Waals surface area contributed by atoms with Crippen LogP contribution in [0.2, 0.25) is 0 Å². The summed E-state index contributed by atoms with van der Waals surface area (Å²) in [6, 6.07) is 4.67. The molecule has 0 heterocycles. The Balaban J connectivity index is 2.68. The van der Waals surface area contributed by atoms with Gasteiger partial charge in [-0.25, -0.2) is 14.4 Å². The van der Waals surface area contributed by atoms with E-state index in [1.165, 1.54) is 31.2 Å². The van der Waals surface area contributed by atoms with Gasteiger partial charge in [0.05, 0.1) is 6.61 Å². The molecule has 0 aromatic heterocycles. The number of carboxylic acid groups (broad SMARTS) is 1. The van der Waals surface area contributed by atoms with Crippen LogP contribution < -0.4 is 10.1 Å². The molecule has 0 spiro atoms. The van der Waals surface area contributed by atoms with Crippen LogP contribution in [0.1, 0.15) is 24.2 Å². The number of hydrogen-bond acceptors (Lipinski definition) is 7. The number of hydrogen-bond donors (Lipinski definition) is 2. The summed E-state index contributed by atoms with van der Waals surface area (Å²) in [6.07, 6.45) is 0. The highest BCUT2D eigenvalue weighted by molar-refractivity contribution is 8.13. The van der Waals surface area contributed by atoms with Gasteiger partial charge in [0.1, 0.15) is 17.4 Å². The molecule has 0 aliphatic rings. The van der Waals surface area contributed by atoms with E-state index >= 15 is 0 Å². The molecular formula is C15H17NO7S. The summed E-state index contributed by atoms with van der Waals surface area (Å²) in [5.41, 5.74) is -0.157. The topological polar surface area (TPSA) is 119 Å². The SMILES string of the molecule is CCOC(=O)[C@H](CSC(=O)Oc1ccccc1C(=O)O)NC(C)=O. The van der Waals surface area contributed by atoms with E-state index in [0.717, 1.165) is 0 Å². The van der Waals surface area contributed by atoms with E-state index in [0.29, 0.717) is 11.8 Å². The van der Waals surface area contributed by atoms with Gasteiger partial charge in [0, 0.05) is 12.7 Å². The van der Waals surface area contributed by atoms with E-state index in [1.807, 2.05) is 0 Å². The number of ether oxygens (including phenoxy) is 2. The van der Waals surface area contributed by atoms with E-state index in [1.54, 1.807) is 6.92 Å². The Hall–Kier alpha value is -2.55. The van der Waals surface area contributed by atoms with Gasteiger partial charge in [-0.3, -0.25) is 4.79 Å². The first-order valence-corrected chi connectivity index (χ1v) is 7.94. The highest BCUT2D eigenvalue weighted by Crippen LogP contribution is 2.21. The summed E-state index contributed by atoms with van der Waals surface area (Å²) < 4.78 is 9.79. The molecular weight excluding hydrogens is 338 g/mol. The van der Waals surface area contributed by atoms with Crippen molar-refractivity contribution in [3.8, 4) is 5.75 Å². The first-order valence-electron chi connectivity index (χ1n) is 6.95. The smallest absolute Gasteiger partial charge is 0.372 e. The van der Waals surface area contributed by atoms with Crippen molar-refractivity contribution in [2.75, 3.05) is 12.4 Å². The molecule has 2 N–H and O–H groups in total. The molecule has 1 aromatic carbocycles. The van der Waals surface area contributed by atoms with E-state index in [2.05, 4.69) is 5.32 Å². The number of carboxylic acids is 1. The van der Waals surface area contributed by atoms with E-state index in [-0.39, 0.29) is 23.7 Å². The van der Waals surface area contributed by atoms with Gasteiger partial charge >= 0.3 is 17.2 Å². The van der Waals surface area contributed by atoms with Crippen LogP contribution in [0.15, 0.2) is 24.3 Å². The Bertz CT molecular complexity index is 632. The Morgan fingerprint density at radius 2 is 1.92 bits per heavy atom. The molecule has 0 fully saturated rings. The maximum Gasteiger partial charge on any atom is 0.372 e. The maximum absolute atomic E-state index is 11.8. The standard InChI is InChI=1S/C15H17NO7S/c1-3-22-14(20)11(16-9(2)17)8-24-15(21)23-12-7-5-4-6-10(12)13(18)19/h4-7,11H,3,8H2,1-2H3,(H,16,17)(H,18,19)/t11-/m0/s1. The molecule has 0 aliphatic carbocycles. The summed E-state index contributed by atoms with van der Waals surface area (Å²) in [4.78, 5) is 45.7. The lowest BCUT2D eigenvalue weighted by Crippen LogP contribution is -2.43. The normalized spacial score (nSPS) is 11.2. The van der Waals surface area contributed by atoms with Crippen LogP contribution in [-0.4, -0.2) is 46.7 Å². The molecule has 0 aliphatic heterocycles. The summed E-state index contributed by atoms with van der Waals surface area (Å²) in [5, 5.41) is 10.6. The summed E-state index contributed by atoms with van der Waals surface area (Å²) in [7, 11) is 0. The van der Waals surface area contributed by atoms with Crippen LogP contribution in [0.25, 0.3) is 0 Å². The Morgan fingerprint density at radius 3 is 2.50 bits per heavy atom. The third-order valence-corrected chi connectivity index (χ3v) is 3.45. The third-order valence-electron chi connectivity index (χ3n) is 2.63. The van der Waals surface area contributed by atoms with Gasteiger partial charge in [-0.15, -0.1) is 0 Å². The number of esters is 1. The fraction of sp³-hybridized carbons (Fsp3) is 0.333. The molecule has 1 rings (SSSR count). The number of carbonyl (C=O) groups is 4. The van der Waals surface area contributed by atoms with Crippen LogP contribution >= 0.6 is 11.8 Å². The summed E-state index contributed by atoms with van der Waals surface area (Å²) in [6.45, 7) is 2.99. The summed E-state index contributed by atoms with van der Waals surface area (Å²) >= 11 is 0.626. The zero-order valence-electron chi connectivity index (χ0n) is 13.1. The van der Waals surface area contributed by atoms with Crippen LogP contribution in [0.5, 0.6) is 5.75 Å². The maximum atomic E-state index is 11.8. The van der Waals surface area contributed by atoms with Crippen molar-refractivity contribution in [2.45, 2.75) is 19.9 Å². The predicted molar refractivity (Wildman–Crippen MR) is 86.1 cm³/mol. The van der Waals surface area contributed by atoms with E-state index in [9.17, 15) is 19.2 Å². The van der Waals surface area contributed by atoms with Gasteiger partial charge in [-0.1, -0.05) is 12.1 Å². The quantitative estimate of drug-likeness (QED) is 0.709. The molecule has 130 valence electrons. The molecule has 0 unspecified atom stereocenters. The Morgan fingerprint density at radius 1 is 1.25 bits per heavy atom. The molecule has 0 saturated heterocycles. The van der Waals surface area contributed by atoms with Crippen molar-refractivity contribution in [2.24, 2.45) is 0 Å². The molecule has 0 radical (unpaired) electrons. The number of amides is 1. The largest absolute Gasteiger partial charge is 0.478 e. The van der Waals surface area contributed by atoms with E-state index in [4.69, 9.17) is 14.6 Å². The van der Waals surface area contributed by atoms with Gasteiger partial charge in [0.15, 0.2) is 0 Å². The zero-order chi connectivity index (χ0) is 18.1. The van der Waals surface area contributed by atoms with Crippen LogP contribution in [0.3, 0.4) is 0 Å². The molecule has 0 bridgehead atoms. The summed E-state index contributed by atoms with van der Waals surface area (Å²) in [5.74, 6) is -2.55. The highest BCUT2D eigenvalue weighted by atomic mass is 32.2. The van der Waals surface area contributed by atoms with Crippen molar-refractivity contribution in [1.29, 1.82) is 0 Å². The number of para-hydroxylation sites is 1. The average Bonchev–Trinajstić information content (AvgIpc) is 2.51. The van der Waals surface area contributed by atoms with Crippen LogP contribution in [0.4, 0.5) is 4.79 Å². The Kier molecular flexibility index (Phi) is 7.76. The second kappa shape index (κ2) is 9.56. The van der Waals surface area contributed by atoms with Gasteiger partial charge in [-0.2, -0.15) is 0 Å².